The first-order valence-corrected chi connectivity index (χ1v) is 8.33. The first-order chi connectivity index (χ1) is 11.1. The van der Waals surface area contributed by atoms with Crippen LogP contribution in [0.3, 0.4) is 0 Å². The third kappa shape index (κ3) is 2.17. The molecule has 2 atom stereocenters. The standard InChI is InChI=1S/C18H21NO4/c20-16(15-6-2-4-12-3-1-5-14(12)15)19-9-13-10-23-8-7-18(13,11-19)17(21)22/h2,4,6,13H,1,3,5,7-11H2,(H,21,22)/t13-,18+/m0/s1. The van der Waals surface area contributed by atoms with E-state index in [4.69, 9.17) is 4.74 Å². The van der Waals surface area contributed by atoms with Crippen LogP contribution in [0, 0.1) is 11.3 Å². The molecule has 0 bridgehead atoms. The van der Waals surface area contributed by atoms with Crippen LogP contribution in [-0.2, 0) is 22.4 Å². The van der Waals surface area contributed by atoms with Gasteiger partial charge in [-0.05, 0) is 42.9 Å². The third-order valence-corrected chi connectivity index (χ3v) is 5.80. The Morgan fingerprint density at radius 3 is 2.96 bits per heavy atom. The van der Waals surface area contributed by atoms with Crippen LogP contribution in [0.1, 0.15) is 34.3 Å². The summed E-state index contributed by atoms with van der Waals surface area (Å²) in [6.45, 7) is 1.68. The molecule has 122 valence electrons. The Morgan fingerprint density at radius 2 is 2.17 bits per heavy atom. The van der Waals surface area contributed by atoms with Crippen LogP contribution in [0.4, 0.5) is 0 Å². The fourth-order valence-corrected chi connectivity index (χ4v) is 4.44. The van der Waals surface area contributed by atoms with E-state index in [1.165, 1.54) is 5.56 Å². The molecular formula is C18H21NO4. The van der Waals surface area contributed by atoms with E-state index in [1.807, 2.05) is 12.1 Å². The first-order valence-electron chi connectivity index (χ1n) is 8.33. The van der Waals surface area contributed by atoms with Crippen LogP contribution < -0.4 is 0 Å². The molecule has 1 aromatic rings. The van der Waals surface area contributed by atoms with Crippen molar-refractivity contribution in [2.75, 3.05) is 26.3 Å². The highest BCUT2D eigenvalue weighted by atomic mass is 16.5. The van der Waals surface area contributed by atoms with E-state index < -0.39 is 11.4 Å². The van der Waals surface area contributed by atoms with Gasteiger partial charge in [-0.2, -0.15) is 0 Å². The van der Waals surface area contributed by atoms with Crippen molar-refractivity contribution in [3.8, 4) is 0 Å². The molecule has 2 heterocycles. The molecule has 1 aromatic carbocycles. The maximum absolute atomic E-state index is 13.0. The average Bonchev–Trinajstić information content (AvgIpc) is 3.18. The number of aryl methyl sites for hydroxylation is 1. The summed E-state index contributed by atoms with van der Waals surface area (Å²) in [5.41, 5.74) is 2.36. The number of nitrogens with zero attached hydrogens (tertiary/aromatic N) is 1. The molecule has 2 aliphatic heterocycles. The Kier molecular flexibility index (Phi) is 3.41. The van der Waals surface area contributed by atoms with Gasteiger partial charge in [-0.1, -0.05) is 12.1 Å². The zero-order chi connectivity index (χ0) is 16.0. The minimum atomic E-state index is -0.828. The molecule has 0 aromatic heterocycles. The summed E-state index contributed by atoms with van der Waals surface area (Å²) in [5.74, 6) is -0.910. The smallest absolute Gasteiger partial charge is 0.311 e. The van der Waals surface area contributed by atoms with Gasteiger partial charge >= 0.3 is 5.97 Å². The molecule has 2 fully saturated rings. The van der Waals surface area contributed by atoms with Crippen LogP contribution >= 0.6 is 0 Å². The number of carbonyl (C=O) groups is 2. The quantitative estimate of drug-likeness (QED) is 0.903. The minimum absolute atomic E-state index is 0.0150. The number of carbonyl (C=O) groups excluding carboxylic acids is 1. The second-order valence-electron chi connectivity index (χ2n) is 6.97. The van der Waals surface area contributed by atoms with Crippen molar-refractivity contribution in [1.29, 1.82) is 0 Å². The van der Waals surface area contributed by atoms with E-state index in [9.17, 15) is 14.7 Å². The summed E-state index contributed by atoms with van der Waals surface area (Å²) in [6.07, 6.45) is 3.56. The van der Waals surface area contributed by atoms with Crippen molar-refractivity contribution in [2.24, 2.45) is 11.3 Å². The highest BCUT2D eigenvalue weighted by Gasteiger charge is 2.55. The monoisotopic (exact) mass is 315 g/mol. The first kappa shape index (κ1) is 14.7. The molecular weight excluding hydrogens is 294 g/mol. The lowest BCUT2D eigenvalue weighted by Gasteiger charge is -2.33. The van der Waals surface area contributed by atoms with Crippen LogP contribution in [0.25, 0.3) is 0 Å². The van der Waals surface area contributed by atoms with E-state index >= 15 is 0 Å². The minimum Gasteiger partial charge on any atom is -0.481 e. The van der Waals surface area contributed by atoms with Crippen molar-refractivity contribution in [3.05, 3.63) is 34.9 Å². The van der Waals surface area contributed by atoms with E-state index in [0.717, 1.165) is 30.4 Å². The van der Waals surface area contributed by atoms with E-state index in [1.54, 1.807) is 4.90 Å². The Balaban J connectivity index is 1.64. The van der Waals surface area contributed by atoms with E-state index in [-0.39, 0.29) is 11.8 Å². The third-order valence-electron chi connectivity index (χ3n) is 5.80. The summed E-state index contributed by atoms with van der Waals surface area (Å²) in [6, 6.07) is 5.92. The number of carboxylic acid groups (broad SMARTS) is 1. The van der Waals surface area contributed by atoms with Crippen molar-refractivity contribution < 1.29 is 19.4 Å². The molecule has 5 heteroatoms. The van der Waals surface area contributed by atoms with Gasteiger partial charge in [0.1, 0.15) is 0 Å². The molecule has 0 radical (unpaired) electrons. The molecule has 1 N–H and O–H groups in total. The summed E-state index contributed by atoms with van der Waals surface area (Å²) in [7, 11) is 0. The predicted octanol–water partition coefficient (Wildman–Crippen LogP) is 1.74. The number of fused-ring (bicyclic) bond motifs is 2. The summed E-state index contributed by atoms with van der Waals surface area (Å²) in [5, 5.41) is 9.73. The predicted molar refractivity (Wildman–Crippen MR) is 83.4 cm³/mol. The molecule has 2 saturated heterocycles. The number of amides is 1. The Hall–Kier alpha value is -1.88. The maximum Gasteiger partial charge on any atom is 0.311 e. The van der Waals surface area contributed by atoms with Gasteiger partial charge in [-0.3, -0.25) is 9.59 Å². The average molecular weight is 315 g/mol. The Morgan fingerprint density at radius 1 is 1.30 bits per heavy atom. The Labute approximate surface area is 135 Å². The second kappa shape index (κ2) is 5.34. The lowest BCUT2D eigenvalue weighted by molar-refractivity contribution is -0.157. The number of rotatable bonds is 2. The SMILES string of the molecule is O=C(c1cccc2c1CCC2)N1C[C@H]2COCC[C@@]2(C(=O)O)C1. The van der Waals surface area contributed by atoms with Crippen LogP contribution in [0.15, 0.2) is 18.2 Å². The van der Waals surface area contributed by atoms with Gasteiger partial charge in [0.05, 0.1) is 12.0 Å². The second-order valence-corrected chi connectivity index (χ2v) is 6.97. The van der Waals surface area contributed by atoms with Gasteiger partial charge < -0.3 is 14.7 Å². The number of hydrogen-bond donors (Lipinski definition) is 1. The van der Waals surface area contributed by atoms with Gasteiger partial charge in [-0.25, -0.2) is 0 Å². The molecule has 1 aliphatic carbocycles. The highest BCUT2D eigenvalue weighted by Crippen LogP contribution is 2.43. The Bertz CT molecular complexity index is 671. The molecule has 0 saturated carbocycles. The van der Waals surface area contributed by atoms with Gasteiger partial charge in [0.25, 0.3) is 5.91 Å². The summed E-state index contributed by atoms with van der Waals surface area (Å²) < 4.78 is 5.47. The fourth-order valence-electron chi connectivity index (χ4n) is 4.44. The van der Waals surface area contributed by atoms with Crippen LogP contribution in [-0.4, -0.2) is 48.2 Å². The van der Waals surface area contributed by atoms with Crippen LogP contribution in [0.5, 0.6) is 0 Å². The zero-order valence-electron chi connectivity index (χ0n) is 13.1. The lowest BCUT2D eigenvalue weighted by Crippen LogP contribution is -2.45. The van der Waals surface area contributed by atoms with Crippen molar-refractivity contribution >= 4 is 11.9 Å². The number of aliphatic carboxylic acids is 1. The number of ether oxygens (including phenoxy) is 1. The van der Waals surface area contributed by atoms with Gasteiger partial charge in [0, 0.05) is 31.2 Å². The van der Waals surface area contributed by atoms with E-state index in [0.29, 0.717) is 32.7 Å². The molecule has 4 rings (SSSR count). The van der Waals surface area contributed by atoms with Crippen LogP contribution in [0.2, 0.25) is 0 Å². The molecule has 23 heavy (non-hydrogen) atoms. The largest absolute Gasteiger partial charge is 0.481 e. The zero-order valence-corrected chi connectivity index (χ0v) is 13.1. The van der Waals surface area contributed by atoms with Gasteiger partial charge in [0.2, 0.25) is 0 Å². The number of likely N-dealkylation sites (tertiary alicyclic amines) is 1. The fraction of sp³-hybridized carbons (Fsp3) is 0.556. The molecule has 1 amide bonds. The number of benzene rings is 1. The number of carboxylic acids is 1. The maximum atomic E-state index is 13.0. The van der Waals surface area contributed by atoms with Crippen molar-refractivity contribution in [2.45, 2.75) is 25.7 Å². The summed E-state index contributed by atoms with van der Waals surface area (Å²) >= 11 is 0. The topological polar surface area (TPSA) is 66.8 Å². The summed E-state index contributed by atoms with van der Waals surface area (Å²) in [4.78, 5) is 26.6. The highest BCUT2D eigenvalue weighted by molar-refractivity contribution is 5.97. The van der Waals surface area contributed by atoms with Crippen molar-refractivity contribution in [1.82, 2.24) is 4.90 Å². The van der Waals surface area contributed by atoms with Gasteiger partial charge in [-0.15, -0.1) is 0 Å². The molecule has 0 unspecified atom stereocenters. The molecule has 0 spiro atoms. The molecule has 5 nitrogen and oxygen atoms in total. The lowest BCUT2D eigenvalue weighted by atomic mass is 9.74. The van der Waals surface area contributed by atoms with Gasteiger partial charge in [0.15, 0.2) is 0 Å². The van der Waals surface area contributed by atoms with Crippen molar-refractivity contribution in [3.63, 3.8) is 0 Å². The van der Waals surface area contributed by atoms with E-state index in [2.05, 4.69) is 6.07 Å². The normalized spacial score (nSPS) is 29.2. The molecule has 3 aliphatic rings. The number of hydrogen-bond acceptors (Lipinski definition) is 3.